The summed E-state index contributed by atoms with van der Waals surface area (Å²) in [4.78, 5) is 5.03. The summed E-state index contributed by atoms with van der Waals surface area (Å²) in [5.41, 5.74) is 4.44. The Balaban J connectivity index is 1.78. The fraction of sp³-hybridized carbons (Fsp3) is 0.368. The third-order valence-corrected chi connectivity index (χ3v) is 5.25. The van der Waals surface area contributed by atoms with E-state index in [1.54, 1.807) is 0 Å². The summed E-state index contributed by atoms with van der Waals surface area (Å²) in [6.45, 7) is 4.77. The Labute approximate surface area is 127 Å². The van der Waals surface area contributed by atoms with Crippen LogP contribution >= 0.6 is 0 Å². The van der Waals surface area contributed by atoms with E-state index in [9.17, 15) is 0 Å². The van der Waals surface area contributed by atoms with Crippen molar-refractivity contribution < 1.29 is 0 Å². The number of anilines is 2. The molecule has 0 amide bonds. The minimum Gasteiger partial charge on any atom is -0.352 e. The van der Waals surface area contributed by atoms with Crippen LogP contribution < -0.4 is 9.80 Å². The highest BCUT2D eigenvalue weighted by Gasteiger charge is 2.63. The Hall–Kier alpha value is -1.96. The van der Waals surface area contributed by atoms with E-state index in [0.717, 1.165) is 0 Å². The molecule has 2 nitrogen and oxygen atoms in total. The number of para-hydroxylation sites is 2. The zero-order chi connectivity index (χ0) is 14.6. The fourth-order valence-electron chi connectivity index (χ4n) is 4.32. The SMILES string of the molecule is C[C@@H]1C[C@@]2(C)[C@@H](N(C)c3ccccc31)N2c1ccccc1. The largest absolute Gasteiger partial charge is 0.352 e. The van der Waals surface area contributed by atoms with Crippen molar-refractivity contribution in [2.24, 2.45) is 0 Å². The number of fused-ring (bicyclic) bond motifs is 2. The number of likely N-dealkylation sites (N-methyl/N-ethyl adjacent to an activating group) is 1. The Bertz CT molecular complexity index is 666. The second-order valence-electron chi connectivity index (χ2n) is 6.71. The van der Waals surface area contributed by atoms with Crippen molar-refractivity contribution in [1.82, 2.24) is 0 Å². The normalized spacial score (nSPS) is 30.4. The highest BCUT2D eigenvalue weighted by Crippen LogP contribution is 2.55. The summed E-state index contributed by atoms with van der Waals surface area (Å²) < 4.78 is 0. The fourth-order valence-corrected chi connectivity index (χ4v) is 4.32. The van der Waals surface area contributed by atoms with E-state index in [1.807, 2.05) is 0 Å². The van der Waals surface area contributed by atoms with Gasteiger partial charge in [-0.3, -0.25) is 0 Å². The molecule has 2 aliphatic heterocycles. The molecule has 0 spiro atoms. The maximum atomic E-state index is 2.57. The summed E-state index contributed by atoms with van der Waals surface area (Å²) in [5.74, 6) is 0.590. The standard InChI is InChI=1S/C19H22N2/c1-14-13-19(2)18(21(19)15-9-5-4-6-10-15)20(3)17-12-8-7-11-16(14)17/h4-12,14,18H,13H2,1-3H3/t14-,18+,19+,21?/m1/s1. The van der Waals surface area contributed by atoms with Crippen LogP contribution in [0, 0.1) is 0 Å². The van der Waals surface area contributed by atoms with Gasteiger partial charge in [0.2, 0.25) is 0 Å². The summed E-state index contributed by atoms with van der Waals surface area (Å²) in [6, 6.07) is 19.7. The average Bonchev–Trinajstić information content (AvgIpc) is 3.13. The molecule has 1 fully saturated rings. The summed E-state index contributed by atoms with van der Waals surface area (Å²) in [5, 5.41) is 0. The summed E-state index contributed by atoms with van der Waals surface area (Å²) >= 11 is 0. The van der Waals surface area contributed by atoms with Crippen molar-refractivity contribution in [2.75, 3.05) is 16.8 Å². The third-order valence-electron chi connectivity index (χ3n) is 5.25. The second kappa shape index (κ2) is 4.27. The zero-order valence-electron chi connectivity index (χ0n) is 13.0. The van der Waals surface area contributed by atoms with E-state index < -0.39 is 0 Å². The van der Waals surface area contributed by atoms with Crippen LogP contribution in [0.4, 0.5) is 11.4 Å². The molecule has 1 saturated heterocycles. The first-order valence-electron chi connectivity index (χ1n) is 7.79. The van der Waals surface area contributed by atoms with Crippen LogP contribution in [-0.2, 0) is 0 Å². The number of hydrogen-bond donors (Lipinski definition) is 0. The van der Waals surface area contributed by atoms with Crippen molar-refractivity contribution in [2.45, 2.75) is 37.9 Å². The van der Waals surface area contributed by atoms with Crippen LogP contribution in [0.25, 0.3) is 0 Å². The topological polar surface area (TPSA) is 6.25 Å². The van der Waals surface area contributed by atoms with Gasteiger partial charge in [0.1, 0.15) is 6.17 Å². The van der Waals surface area contributed by atoms with Crippen LogP contribution in [-0.4, -0.2) is 18.8 Å². The summed E-state index contributed by atoms with van der Waals surface area (Å²) in [6.07, 6.45) is 1.67. The van der Waals surface area contributed by atoms with Gasteiger partial charge in [0.25, 0.3) is 0 Å². The highest BCUT2D eigenvalue weighted by atomic mass is 15.5. The molecule has 3 atom stereocenters. The molecule has 4 rings (SSSR count). The first-order chi connectivity index (χ1) is 10.1. The third kappa shape index (κ3) is 1.71. The molecule has 0 aromatic heterocycles. The molecule has 0 aliphatic carbocycles. The first-order valence-corrected chi connectivity index (χ1v) is 7.79. The van der Waals surface area contributed by atoms with Gasteiger partial charge in [-0.1, -0.05) is 43.3 Å². The number of benzene rings is 2. The number of rotatable bonds is 1. The molecular formula is C19H22N2. The van der Waals surface area contributed by atoms with Gasteiger partial charge in [-0.05, 0) is 43.0 Å². The molecule has 21 heavy (non-hydrogen) atoms. The monoisotopic (exact) mass is 278 g/mol. The molecule has 2 heteroatoms. The molecule has 2 aliphatic rings. The van der Waals surface area contributed by atoms with Crippen LogP contribution in [0.1, 0.15) is 31.7 Å². The number of nitrogens with zero attached hydrogens (tertiary/aromatic N) is 2. The van der Waals surface area contributed by atoms with Crippen molar-refractivity contribution in [3.63, 3.8) is 0 Å². The molecule has 0 unspecified atom stereocenters. The molecular weight excluding hydrogens is 256 g/mol. The Morgan fingerprint density at radius 3 is 2.43 bits per heavy atom. The van der Waals surface area contributed by atoms with Crippen LogP contribution in [0.15, 0.2) is 54.6 Å². The average molecular weight is 278 g/mol. The van der Waals surface area contributed by atoms with E-state index in [-0.39, 0.29) is 5.54 Å². The molecule has 108 valence electrons. The molecule has 2 aromatic carbocycles. The quantitative estimate of drug-likeness (QED) is 0.720. The minimum atomic E-state index is 0.231. The molecule has 0 bridgehead atoms. The first kappa shape index (κ1) is 12.8. The lowest BCUT2D eigenvalue weighted by Crippen LogP contribution is -2.26. The van der Waals surface area contributed by atoms with Crippen LogP contribution in [0.3, 0.4) is 0 Å². The lowest BCUT2D eigenvalue weighted by atomic mass is 9.91. The second-order valence-corrected chi connectivity index (χ2v) is 6.71. The van der Waals surface area contributed by atoms with Gasteiger partial charge in [0, 0.05) is 18.4 Å². The van der Waals surface area contributed by atoms with Crippen molar-refractivity contribution in [1.29, 1.82) is 0 Å². The lowest BCUT2D eigenvalue weighted by Gasteiger charge is -2.24. The van der Waals surface area contributed by atoms with Gasteiger partial charge < -0.3 is 9.80 Å². The van der Waals surface area contributed by atoms with E-state index in [4.69, 9.17) is 0 Å². The lowest BCUT2D eigenvalue weighted by molar-refractivity contribution is 0.557. The predicted molar refractivity (Wildman–Crippen MR) is 89.0 cm³/mol. The van der Waals surface area contributed by atoms with Crippen LogP contribution in [0.5, 0.6) is 0 Å². The van der Waals surface area contributed by atoms with Gasteiger partial charge >= 0.3 is 0 Å². The Kier molecular flexibility index (Phi) is 2.59. The van der Waals surface area contributed by atoms with Gasteiger partial charge in [-0.15, -0.1) is 0 Å². The van der Waals surface area contributed by atoms with E-state index >= 15 is 0 Å². The maximum absolute atomic E-state index is 2.57. The molecule has 2 aromatic rings. The van der Waals surface area contributed by atoms with Gasteiger partial charge in [0.05, 0.1) is 5.54 Å². The van der Waals surface area contributed by atoms with Crippen LogP contribution in [0.2, 0.25) is 0 Å². The van der Waals surface area contributed by atoms with E-state index in [1.165, 1.54) is 23.4 Å². The smallest absolute Gasteiger partial charge is 0.125 e. The zero-order valence-corrected chi connectivity index (χ0v) is 13.0. The van der Waals surface area contributed by atoms with Gasteiger partial charge in [-0.2, -0.15) is 0 Å². The van der Waals surface area contributed by atoms with E-state index in [0.29, 0.717) is 12.1 Å². The van der Waals surface area contributed by atoms with Crippen molar-refractivity contribution in [3.05, 3.63) is 60.2 Å². The van der Waals surface area contributed by atoms with Crippen molar-refractivity contribution >= 4 is 11.4 Å². The number of hydrogen-bond acceptors (Lipinski definition) is 2. The highest BCUT2D eigenvalue weighted by molar-refractivity contribution is 5.69. The molecule has 0 N–H and O–H groups in total. The molecule has 0 saturated carbocycles. The maximum Gasteiger partial charge on any atom is 0.125 e. The predicted octanol–water partition coefficient (Wildman–Crippen LogP) is 4.24. The molecule has 2 heterocycles. The summed E-state index contributed by atoms with van der Waals surface area (Å²) in [7, 11) is 2.24. The van der Waals surface area contributed by atoms with Gasteiger partial charge in [0.15, 0.2) is 0 Å². The minimum absolute atomic E-state index is 0.231. The van der Waals surface area contributed by atoms with E-state index in [2.05, 4.69) is 85.3 Å². The molecule has 0 radical (unpaired) electrons. The Morgan fingerprint density at radius 1 is 1.00 bits per heavy atom. The van der Waals surface area contributed by atoms with Crippen molar-refractivity contribution in [3.8, 4) is 0 Å². The Morgan fingerprint density at radius 2 is 1.67 bits per heavy atom. The van der Waals surface area contributed by atoms with Gasteiger partial charge in [-0.25, -0.2) is 0 Å².